The second-order valence-electron chi connectivity index (χ2n) is 5.53. The Bertz CT molecular complexity index is 260. The van der Waals surface area contributed by atoms with E-state index < -0.39 is 0 Å². The minimum Gasteiger partial charge on any atom is -0.381 e. The monoisotopic (exact) mass is 253 g/mol. The Morgan fingerprint density at radius 3 is 2.50 bits per heavy atom. The lowest BCUT2D eigenvalue weighted by molar-refractivity contribution is 0.123. The molecule has 0 radical (unpaired) electrons. The molecule has 0 spiro atoms. The van der Waals surface area contributed by atoms with Gasteiger partial charge >= 0.3 is 0 Å². The molecule has 4 heteroatoms. The molecule has 0 aromatic carbocycles. The van der Waals surface area contributed by atoms with Gasteiger partial charge in [0.2, 0.25) is 0 Å². The molecule has 0 aromatic heterocycles. The predicted molar refractivity (Wildman–Crippen MR) is 74.9 cm³/mol. The van der Waals surface area contributed by atoms with Crippen molar-refractivity contribution in [2.75, 3.05) is 33.4 Å². The average molecular weight is 253 g/mol. The fraction of sp³-hybridized carbons (Fsp3) is 0.929. The molecule has 104 valence electrons. The summed E-state index contributed by atoms with van der Waals surface area (Å²) in [5.74, 6) is 2.78. The maximum Gasteiger partial charge on any atom is 0.190 e. The Kier molecular flexibility index (Phi) is 5.78. The van der Waals surface area contributed by atoms with E-state index in [1.807, 2.05) is 7.05 Å². The Balaban J connectivity index is 1.39. The number of guanidine groups is 1. The van der Waals surface area contributed by atoms with Gasteiger partial charge in [-0.3, -0.25) is 4.99 Å². The molecule has 2 saturated carbocycles. The fourth-order valence-corrected chi connectivity index (χ4v) is 1.94. The second-order valence-corrected chi connectivity index (χ2v) is 5.53. The van der Waals surface area contributed by atoms with E-state index >= 15 is 0 Å². The van der Waals surface area contributed by atoms with Gasteiger partial charge in [0.05, 0.1) is 0 Å². The van der Waals surface area contributed by atoms with E-state index in [0.717, 1.165) is 50.5 Å². The van der Waals surface area contributed by atoms with Crippen molar-refractivity contribution in [2.45, 2.75) is 38.5 Å². The van der Waals surface area contributed by atoms with E-state index in [0.29, 0.717) is 0 Å². The minimum absolute atomic E-state index is 0.864. The van der Waals surface area contributed by atoms with Crippen molar-refractivity contribution in [3.63, 3.8) is 0 Å². The first-order valence-electron chi connectivity index (χ1n) is 7.40. The Labute approximate surface area is 111 Å². The molecule has 0 saturated heterocycles. The zero-order chi connectivity index (χ0) is 12.6. The van der Waals surface area contributed by atoms with Crippen LogP contribution in [0.1, 0.15) is 38.5 Å². The van der Waals surface area contributed by atoms with E-state index in [2.05, 4.69) is 15.6 Å². The summed E-state index contributed by atoms with van der Waals surface area (Å²) in [7, 11) is 1.83. The molecule has 0 amide bonds. The molecule has 0 aliphatic heterocycles. The van der Waals surface area contributed by atoms with E-state index in [1.165, 1.54) is 32.1 Å². The summed E-state index contributed by atoms with van der Waals surface area (Å²) in [5, 5.41) is 6.68. The Hall–Kier alpha value is -0.770. The van der Waals surface area contributed by atoms with E-state index in [9.17, 15) is 0 Å². The topological polar surface area (TPSA) is 45.7 Å². The van der Waals surface area contributed by atoms with Gasteiger partial charge in [-0.2, -0.15) is 0 Å². The maximum atomic E-state index is 5.59. The molecule has 0 atom stereocenters. The normalized spacial score (nSPS) is 19.9. The van der Waals surface area contributed by atoms with Crippen molar-refractivity contribution < 1.29 is 4.74 Å². The zero-order valence-electron chi connectivity index (χ0n) is 11.6. The van der Waals surface area contributed by atoms with Crippen molar-refractivity contribution in [3.8, 4) is 0 Å². The van der Waals surface area contributed by atoms with Crippen molar-refractivity contribution in [2.24, 2.45) is 16.8 Å². The van der Waals surface area contributed by atoms with E-state index in [-0.39, 0.29) is 0 Å². The zero-order valence-corrected chi connectivity index (χ0v) is 11.6. The minimum atomic E-state index is 0.864. The molecule has 0 aromatic rings. The van der Waals surface area contributed by atoms with E-state index in [1.54, 1.807) is 0 Å². The van der Waals surface area contributed by atoms with Crippen LogP contribution in [-0.4, -0.2) is 39.3 Å². The predicted octanol–water partition coefficient (Wildman–Crippen LogP) is 1.77. The van der Waals surface area contributed by atoms with Crippen LogP contribution in [0.15, 0.2) is 4.99 Å². The lowest BCUT2D eigenvalue weighted by atomic mass is 10.3. The molecule has 2 N–H and O–H groups in total. The van der Waals surface area contributed by atoms with Crippen LogP contribution in [0.4, 0.5) is 0 Å². The molecule has 2 aliphatic rings. The first-order chi connectivity index (χ1) is 8.88. The molecule has 2 fully saturated rings. The number of rotatable bonds is 9. The largest absolute Gasteiger partial charge is 0.381 e. The summed E-state index contributed by atoms with van der Waals surface area (Å²) >= 11 is 0. The Morgan fingerprint density at radius 2 is 1.83 bits per heavy atom. The summed E-state index contributed by atoms with van der Waals surface area (Å²) in [6.07, 6.45) is 7.92. The molecule has 0 bridgehead atoms. The van der Waals surface area contributed by atoms with Crippen LogP contribution in [0, 0.1) is 11.8 Å². The van der Waals surface area contributed by atoms with Crippen LogP contribution < -0.4 is 10.6 Å². The number of hydrogen-bond acceptors (Lipinski definition) is 2. The van der Waals surface area contributed by atoms with Gasteiger partial charge < -0.3 is 15.4 Å². The van der Waals surface area contributed by atoms with Crippen LogP contribution in [0.25, 0.3) is 0 Å². The van der Waals surface area contributed by atoms with Crippen molar-refractivity contribution in [1.82, 2.24) is 10.6 Å². The molecule has 18 heavy (non-hydrogen) atoms. The molecule has 2 aliphatic carbocycles. The van der Waals surface area contributed by atoms with Crippen molar-refractivity contribution >= 4 is 5.96 Å². The molecular weight excluding hydrogens is 226 g/mol. The number of nitrogens with zero attached hydrogens (tertiary/aromatic N) is 1. The number of hydrogen-bond donors (Lipinski definition) is 2. The highest BCUT2D eigenvalue weighted by Gasteiger charge is 2.21. The first-order valence-corrected chi connectivity index (χ1v) is 7.40. The average Bonchev–Trinajstić information content (AvgIpc) is 3.25. The number of nitrogens with one attached hydrogen (secondary N) is 2. The third kappa shape index (κ3) is 6.24. The lowest BCUT2D eigenvalue weighted by Gasteiger charge is -2.11. The van der Waals surface area contributed by atoms with Gasteiger partial charge in [0.15, 0.2) is 5.96 Å². The smallest absolute Gasteiger partial charge is 0.190 e. The van der Waals surface area contributed by atoms with Crippen LogP contribution in [0.3, 0.4) is 0 Å². The summed E-state index contributed by atoms with van der Waals surface area (Å²) in [5.41, 5.74) is 0. The summed E-state index contributed by atoms with van der Waals surface area (Å²) < 4.78 is 5.59. The fourth-order valence-electron chi connectivity index (χ4n) is 1.94. The van der Waals surface area contributed by atoms with Gasteiger partial charge in [-0.05, 0) is 37.5 Å². The Morgan fingerprint density at radius 1 is 1.11 bits per heavy atom. The third-order valence-corrected chi connectivity index (χ3v) is 3.57. The molecule has 2 rings (SSSR count). The van der Waals surface area contributed by atoms with Gasteiger partial charge in [0, 0.05) is 33.4 Å². The van der Waals surface area contributed by atoms with Crippen LogP contribution in [-0.2, 0) is 4.74 Å². The SMILES string of the molecule is CN=C(NCCCOCC1CC1)NCCC1CC1. The summed E-state index contributed by atoms with van der Waals surface area (Å²) in [6.45, 7) is 3.81. The van der Waals surface area contributed by atoms with Gasteiger partial charge in [-0.15, -0.1) is 0 Å². The quantitative estimate of drug-likeness (QED) is 0.374. The maximum absolute atomic E-state index is 5.59. The van der Waals surface area contributed by atoms with Crippen LogP contribution in [0.5, 0.6) is 0 Å². The van der Waals surface area contributed by atoms with Crippen LogP contribution in [0.2, 0.25) is 0 Å². The van der Waals surface area contributed by atoms with Crippen molar-refractivity contribution in [1.29, 1.82) is 0 Å². The lowest BCUT2D eigenvalue weighted by Crippen LogP contribution is -2.38. The van der Waals surface area contributed by atoms with Gasteiger partial charge in [0.25, 0.3) is 0 Å². The molecule has 0 heterocycles. The van der Waals surface area contributed by atoms with Gasteiger partial charge in [0.1, 0.15) is 0 Å². The van der Waals surface area contributed by atoms with E-state index in [4.69, 9.17) is 4.74 Å². The molecular formula is C14H27N3O. The first kappa shape index (κ1) is 13.7. The highest BCUT2D eigenvalue weighted by molar-refractivity contribution is 5.79. The summed E-state index contributed by atoms with van der Waals surface area (Å²) in [6, 6.07) is 0. The highest BCUT2D eigenvalue weighted by Crippen LogP contribution is 2.31. The second kappa shape index (κ2) is 7.62. The van der Waals surface area contributed by atoms with Crippen LogP contribution >= 0.6 is 0 Å². The third-order valence-electron chi connectivity index (χ3n) is 3.57. The van der Waals surface area contributed by atoms with Gasteiger partial charge in [-0.25, -0.2) is 0 Å². The standard InChI is InChI=1S/C14H27N3O/c1-15-14(17-9-7-12-3-4-12)16-8-2-10-18-11-13-5-6-13/h12-13H,2-11H2,1H3,(H2,15,16,17). The number of aliphatic imine (C=N–C) groups is 1. The number of ether oxygens (including phenoxy) is 1. The molecule has 0 unspecified atom stereocenters. The van der Waals surface area contributed by atoms with Crippen molar-refractivity contribution in [3.05, 3.63) is 0 Å². The highest BCUT2D eigenvalue weighted by atomic mass is 16.5. The summed E-state index contributed by atoms with van der Waals surface area (Å²) in [4.78, 5) is 4.21. The van der Waals surface area contributed by atoms with Gasteiger partial charge in [-0.1, -0.05) is 12.8 Å². The molecule has 4 nitrogen and oxygen atoms in total.